The molecule has 0 aliphatic heterocycles. The number of halogens is 3. The van der Waals surface area contributed by atoms with Gasteiger partial charge in [-0.1, -0.05) is 36.4 Å². The van der Waals surface area contributed by atoms with Gasteiger partial charge in [0, 0.05) is 17.3 Å². The van der Waals surface area contributed by atoms with E-state index in [0.717, 1.165) is 22.4 Å². The number of benzene rings is 3. The first-order valence-electron chi connectivity index (χ1n) is 8.12. The molecule has 0 saturated carbocycles. The monoisotopic (exact) mass is 437 g/mol. The number of rotatable bonds is 3. The summed E-state index contributed by atoms with van der Waals surface area (Å²) in [5, 5.41) is 10.6. The quantitative estimate of drug-likeness (QED) is 0.349. The first-order chi connectivity index (χ1) is 13.0. The summed E-state index contributed by atoms with van der Waals surface area (Å²) >= 11 is -0.556. The van der Waals surface area contributed by atoms with Crippen LogP contribution in [0.3, 0.4) is 0 Å². The molecule has 0 aliphatic carbocycles. The number of phenolic OH excluding ortho intramolecular Hbond substituents is 1. The van der Waals surface area contributed by atoms with Crippen molar-refractivity contribution in [2.75, 3.05) is 0 Å². The average Bonchev–Trinajstić information content (AvgIpc) is 2.64. The van der Waals surface area contributed by atoms with Crippen molar-refractivity contribution < 1.29 is 26.5 Å². The second kappa shape index (κ2) is 10.6. The fourth-order valence-electron chi connectivity index (χ4n) is 2.81. The Balaban J connectivity index is 0.000000817. The van der Waals surface area contributed by atoms with Gasteiger partial charge >= 0.3 is 35.6 Å². The molecule has 6 heteroatoms. The van der Waals surface area contributed by atoms with Gasteiger partial charge in [0.05, 0.1) is 5.69 Å². The second-order valence-corrected chi connectivity index (χ2v) is 8.40. The van der Waals surface area contributed by atoms with E-state index in [-0.39, 0.29) is 5.75 Å². The molecule has 0 bridgehead atoms. The first-order valence-corrected chi connectivity index (χ1v) is 12.4. The van der Waals surface area contributed by atoms with E-state index in [1.54, 1.807) is 0 Å². The Morgan fingerprint density at radius 1 is 0.963 bits per heavy atom. The van der Waals surface area contributed by atoms with E-state index in [1.165, 1.54) is 18.3 Å². The number of phenols is 1. The molecular weight excluding hydrogens is 420 g/mol. The molecule has 0 amide bonds. The molecule has 0 radical (unpaired) electrons. The summed E-state index contributed by atoms with van der Waals surface area (Å²) in [6, 6.07) is 17.8. The Kier molecular flexibility index (Phi) is 8.52. The minimum atomic E-state index is -0.556. The van der Waals surface area contributed by atoms with Crippen LogP contribution in [0.4, 0.5) is 10.1 Å². The van der Waals surface area contributed by atoms with Crippen LogP contribution in [0.5, 0.6) is 5.75 Å². The van der Waals surface area contributed by atoms with Crippen molar-refractivity contribution >= 4 is 30.5 Å². The second-order valence-electron chi connectivity index (χ2n) is 5.82. The van der Waals surface area contributed by atoms with E-state index in [1.807, 2.05) is 62.4 Å². The molecule has 3 rings (SSSR count). The van der Waals surface area contributed by atoms with E-state index < -0.39 is 22.8 Å². The standard InChI is InChI=1S/C21H18FNO.2ClH.Ti/c1-14-7-6-8-15(2)20(14)19-12-17(22)11-16(21(19)24)13-23-18-9-4-3-5-10-18;;;/h3-13,24H,1-2H3;2*1H;/q;;;+2/p-2. The molecule has 0 spiro atoms. The summed E-state index contributed by atoms with van der Waals surface area (Å²) < 4.78 is 14.1. The number of aliphatic imine (C=N–C) groups is 1. The van der Waals surface area contributed by atoms with E-state index in [0.29, 0.717) is 11.1 Å². The maximum atomic E-state index is 14.1. The summed E-state index contributed by atoms with van der Waals surface area (Å²) in [5.41, 5.74) is 4.42. The van der Waals surface area contributed by atoms with Gasteiger partial charge in [0.25, 0.3) is 0 Å². The maximum absolute atomic E-state index is 14.1. The molecule has 3 aromatic carbocycles. The van der Waals surface area contributed by atoms with Crippen molar-refractivity contribution in [3.05, 3.63) is 83.2 Å². The van der Waals surface area contributed by atoms with Crippen LogP contribution in [0.15, 0.2) is 65.7 Å². The van der Waals surface area contributed by atoms with E-state index >= 15 is 0 Å². The van der Waals surface area contributed by atoms with Crippen LogP contribution in [0, 0.1) is 19.7 Å². The third kappa shape index (κ3) is 5.92. The molecule has 0 atom stereocenters. The molecule has 0 unspecified atom stereocenters. The first kappa shape index (κ1) is 21.7. The zero-order valence-electron chi connectivity index (χ0n) is 14.9. The SMILES string of the molecule is Cc1cccc(C)c1-c1cc(F)cc(C=Nc2ccccc2)c1O.[Cl][Ti][Cl]. The van der Waals surface area contributed by atoms with Crippen LogP contribution in [-0.2, 0) is 17.0 Å². The molecule has 0 aliphatic rings. The number of para-hydroxylation sites is 1. The van der Waals surface area contributed by atoms with Gasteiger partial charge in [-0.15, -0.1) is 0 Å². The minimum absolute atomic E-state index is 0.0356. The van der Waals surface area contributed by atoms with Gasteiger partial charge in [-0.05, 0) is 54.8 Å². The van der Waals surface area contributed by atoms with E-state index in [9.17, 15) is 9.50 Å². The number of hydrogen-bond donors (Lipinski definition) is 1. The molecule has 0 saturated heterocycles. The zero-order valence-corrected chi connectivity index (χ0v) is 18.0. The topological polar surface area (TPSA) is 32.6 Å². The van der Waals surface area contributed by atoms with Gasteiger partial charge in [-0.25, -0.2) is 4.39 Å². The molecular formula is C21H18Cl2FNOTi. The molecule has 0 aromatic heterocycles. The van der Waals surface area contributed by atoms with Crippen molar-refractivity contribution in [2.45, 2.75) is 13.8 Å². The Hall–Kier alpha value is -1.65. The summed E-state index contributed by atoms with van der Waals surface area (Å²) in [6.07, 6.45) is 1.49. The molecule has 3 aromatic rings. The van der Waals surface area contributed by atoms with Gasteiger partial charge < -0.3 is 5.11 Å². The van der Waals surface area contributed by atoms with E-state index in [4.69, 9.17) is 18.6 Å². The van der Waals surface area contributed by atoms with Gasteiger partial charge in [0.15, 0.2) is 0 Å². The third-order valence-electron chi connectivity index (χ3n) is 3.96. The van der Waals surface area contributed by atoms with Crippen molar-refractivity contribution in [1.82, 2.24) is 0 Å². The fraction of sp³-hybridized carbons (Fsp3) is 0.0952. The van der Waals surface area contributed by atoms with Crippen LogP contribution in [0.25, 0.3) is 11.1 Å². The van der Waals surface area contributed by atoms with E-state index in [2.05, 4.69) is 4.99 Å². The van der Waals surface area contributed by atoms with Gasteiger partial charge in [0.1, 0.15) is 11.6 Å². The van der Waals surface area contributed by atoms with Crippen LogP contribution in [0.1, 0.15) is 16.7 Å². The number of nitrogens with zero attached hydrogens (tertiary/aromatic N) is 1. The van der Waals surface area contributed by atoms with Crippen LogP contribution < -0.4 is 0 Å². The zero-order chi connectivity index (χ0) is 19.8. The molecule has 2 nitrogen and oxygen atoms in total. The Morgan fingerprint density at radius 3 is 2.15 bits per heavy atom. The number of aromatic hydroxyl groups is 1. The Morgan fingerprint density at radius 2 is 1.56 bits per heavy atom. The fourth-order valence-corrected chi connectivity index (χ4v) is 2.81. The number of hydrogen-bond acceptors (Lipinski definition) is 2. The third-order valence-corrected chi connectivity index (χ3v) is 3.96. The van der Waals surface area contributed by atoms with Crippen molar-refractivity contribution in [3.63, 3.8) is 0 Å². The molecule has 0 fully saturated rings. The van der Waals surface area contributed by atoms with Gasteiger partial charge in [-0.2, -0.15) is 0 Å². The summed E-state index contributed by atoms with van der Waals surface area (Å²) in [6.45, 7) is 3.90. The van der Waals surface area contributed by atoms with Crippen molar-refractivity contribution in [1.29, 1.82) is 0 Å². The molecule has 27 heavy (non-hydrogen) atoms. The van der Waals surface area contributed by atoms with Crippen LogP contribution >= 0.6 is 18.6 Å². The average molecular weight is 438 g/mol. The van der Waals surface area contributed by atoms with Crippen molar-refractivity contribution in [3.8, 4) is 16.9 Å². The molecule has 1 N–H and O–H groups in total. The predicted octanol–water partition coefficient (Wildman–Crippen LogP) is 6.94. The summed E-state index contributed by atoms with van der Waals surface area (Å²) in [4.78, 5) is 4.31. The van der Waals surface area contributed by atoms with Crippen LogP contribution in [0.2, 0.25) is 0 Å². The predicted molar refractivity (Wildman–Crippen MR) is 108 cm³/mol. The van der Waals surface area contributed by atoms with Crippen LogP contribution in [-0.4, -0.2) is 11.3 Å². The molecule has 0 heterocycles. The van der Waals surface area contributed by atoms with Gasteiger partial charge in [-0.3, -0.25) is 4.99 Å². The Labute approximate surface area is 175 Å². The normalized spacial score (nSPS) is 10.4. The summed E-state index contributed by atoms with van der Waals surface area (Å²) in [7, 11) is 9.78. The van der Waals surface area contributed by atoms with Crippen molar-refractivity contribution in [2.24, 2.45) is 4.99 Å². The Bertz CT molecular complexity index is 913. The number of aryl methyl sites for hydroxylation is 2. The molecule has 138 valence electrons. The van der Waals surface area contributed by atoms with Gasteiger partial charge in [0.2, 0.25) is 0 Å². The summed E-state index contributed by atoms with van der Waals surface area (Å²) in [5.74, 6) is -0.367.